The summed E-state index contributed by atoms with van der Waals surface area (Å²) in [4.78, 5) is 33.1. The number of anilines is 2. The van der Waals surface area contributed by atoms with E-state index in [0.29, 0.717) is 67.6 Å². The van der Waals surface area contributed by atoms with Gasteiger partial charge in [0, 0.05) is 45.2 Å². The van der Waals surface area contributed by atoms with Gasteiger partial charge in [-0.25, -0.2) is 4.98 Å². The van der Waals surface area contributed by atoms with Gasteiger partial charge in [-0.1, -0.05) is 12.1 Å². The molecule has 2 aromatic carbocycles. The van der Waals surface area contributed by atoms with Crippen LogP contribution >= 0.6 is 0 Å². The summed E-state index contributed by atoms with van der Waals surface area (Å²) in [6.45, 7) is 6.44. The molecule has 1 fully saturated rings. The number of H-pyrrole nitrogens is 1. The zero-order valence-corrected chi connectivity index (χ0v) is 21.9. The van der Waals surface area contributed by atoms with Crippen molar-refractivity contribution in [3.63, 3.8) is 0 Å². The van der Waals surface area contributed by atoms with Crippen molar-refractivity contribution in [1.82, 2.24) is 24.8 Å². The molecule has 1 aliphatic heterocycles. The number of carbonyl (C=O) groups is 1. The molecular weight excluding hydrogens is 486 g/mol. The highest BCUT2D eigenvalue weighted by Crippen LogP contribution is 2.36. The number of carbonyl (C=O) groups excluding carboxylic acids is 1. The Morgan fingerprint density at radius 1 is 0.974 bits per heavy atom. The molecule has 2 aromatic heterocycles. The molecule has 1 aliphatic rings. The van der Waals surface area contributed by atoms with Gasteiger partial charge in [0.05, 0.1) is 31.8 Å². The maximum atomic E-state index is 11.8. The standard InChI is InChI=1S/C27H31N7O4/c1-17-13-22(36-3)23(37-4)14-21(17)38-26-15-24(28-16-25-29-19-7-5-6-8-20(19)30-25)31-27(32-26)34-11-9-33(10-12-34)18(2)35/h5-8,13-15H,9-12,16H2,1-4H3,(H,29,30)(H,28,31,32). The highest BCUT2D eigenvalue weighted by molar-refractivity contribution is 5.75. The van der Waals surface area contributed by atoms with Gasteiger partial charge in [-0.2, -0.15) is 9.97 Å². The topological polar surface area (TPSA) is 118 Å². The SMILES string of the molecule is COc1cc(C)c(Oc2cc(NCc3nc4ccccc4[nH]3)nc(N3CCN(C(C)=O)CC3)n2)cc1OC. The number of hydrogen-bond acceptors (Lipinski definition) is 9. The second kappa shape index (κ2) is 10.8. The summed E-state index contributed by atoms with van der Waals surface area (Å²) >= 11 is 0. The van der Waals surface area contributed by atoms with E-state index in [1.54, 1.807) is 33.3 Å². The Balaban J connectivity index is 1.42. The van der Waals surface area contributed by atoms with Gasteiger partial charge >= 0.3 is 0 Å². The fourth-order valence-electron chi connectivity index (χ4n) is 4.37. The molecule has 198 valence electrons. The molecule has 1 saturated heterocycles. The molecule has 38 heavy (non-hydrogen) atoms. The predicted molar refractivity (Wildman–Crippen MR) is 144 cm³/mol. The average Bonchev–Trinajstić information content (AvgIpc) is 3.36. The quantitative estimate of drug-likeness (QED) is 0.360. The lowest BCUT2D eigenvalue weighted by molar-refractivity contribution is -0.129. The summed E-state index contributed by atoms with van der Waals surface area (Å²) in [7, 11) is 3.18. The first-order valence-electron chi connectivity index (χ1n) is 12.4. The van der Waals surface area contributed by atoms with Gasteiger partial charge in [-0.05, 0) is 30.7 Å². The molecule has 0 bridgehead atoms. The van der Waals surface area contributed by atoms with Gasteiger partial charge in [0.2, 0.25) is 17.7 Å². The zero-order valence-electron chi connectivity index (χ0n) is 21.9. The number of rotatable bonds is 8. The number of fused-ring (bicyclic) bond motifs is 1. The van der Waals surface area contributed by atoms with Crippen LogP contribution in [0, 0.1) is 6.92 Å². The van der Waals surface area contributed by atoms with E-state index in [-0.39, 0.29) is 5.91 Å². The number of nitrogens with one attached hydrogen (secondary N) is 2. The molecule has 3 heterocycles. The minimum Gasteiger partial charge on any atom is -0.493 e. The van der Waals surface area contributed by atoms with E-state index >= 15 is 0 Å². The van der Waals surface area contributed by atoms with Crippen molar-refractivity contribution in [3.05, 3.63) is 53.9 Å². The largest absolute Gasteiger partial charge is 0.493 e. The molecule has 0 radical (unpaired) electrons. The summed E-state index contributed by atoms with van der Waals surface area (Å²) in [5.41, 5.74) is 2.75. The van der Waals surface area contributed by atoms with Crippen molar-refractivity contribution in [3.8, 4) is 23.1 Å². The minimum absolute atomic E-state index is 0.0692. The smallest absolute Gasteiger partial charge is 0.230 e. The van der Waals surface area contributed by atoms with Crippen LogP contribution in [0.4, 0.5) is 11.8 Å². The molecule has 11 nitrogen and oxygen atoms in total. The molecule has 0 atom stereocenters. The molecule has 11 heteroatoms. The highest BCUT2D eigenvalue weighted by Gasteiger charge is 2.22. The molecule has 0 saturated carbocycles. The van der Waals surface area contributed by atoms with Crippen molar-refractivity contribution >= 4 is 28.7 Å². The molecule has 1 amide bonds. The molecular formula is C27H31N7O4. The molecule has 0 spiro atoms. The van der Waals surface area contributed by atoms with E-state index in [9.17, 15) is 4.79 Å². The number of aromatic nitrogens is 4. The van der Waals surface area contributed by atoms with E-state index in [4.69, 9.17) is 24.2 Å². The van der Waals surface area contributed by atoms with Crippen LogP contribution in [-0.4, -0.2) is 71.1 Å². The number of nitrogens with zero attached hydrogens (tertiary/aromatic N) is 5. The van der Waals surface area contributed by atoms with Crippen molar-refractivity contribution in [2.45, 2.75) is 20.4 Å². The summed E-state index contributed by atoms with van der Waals surface area (Å²) in [6.07, 6.45) is 0. The Labute approximate surface area is 220 Å². The van der Waals surface area contributed by atoms with Gasteiger partial charge < -0.3 is 34.3 Å². The first-order valence-corrected chi connectivity index (χ1v) is 12.4. The molecule has 2 N–H and O–H groups in total. The number of benzene rings is 2. The fraction of sp³-hybridized carbons (Fsp3) is 0.333. The maximum absolute atomic E-state index is 11.8. The fourth-order valence-corrected chi connectivity index (χ4v) is 4.37. The van der Waals surface area contributed by atoms with E-state index in [1.165, 1.54) is 0 Å². The Morgan fingerprint density at radius 2 is 1.71 bits per heavy atom. The molecule has 4 aromatic rings. The third-order valence-electron chi connectivity index (χ3n) is 6.47. The first kappa shape index (κ1) is 25.1. The highest BCUT2D eigenvalue weighted by atomic mass is 16.5. The van der Waals surface area contributed by atoms with Crippen molar-refractivity contribution in [2.75, 3.05) is 50.6 Å². The van der Waals surface area contributed by atoms with Crippen LogP contribution < -0.4 is 24.4 Å². The summed E-state index contributed by atoms with van der Waals surface area (Å²) < 4.78 is 17.1. The Hall–Kier alpha value is -4.54. The third kappa shape index (κ3) is 5.41. The number of piperazine rings is 1. The van der Waals surface area contributed by atoms with E-state index in [1.807, 2.05) is 42.2 Å². The zero-order chi connectivity index (χ0) is 26.6. The number of aromatic amines is 1. The van der Waals surface area contributed by atoms with Crippen LogP contribution in [-0.2, 0) is 11.3 Å². The van der Waals surface area contributed by atoms with E-state index < -0.39 is 0 Å². The van der Waals surface area contributed by atoms with Gasteiger partial charge in [-0.15, -0.1) is 0 Å². The van der Waals surface area contributed by atoms with Crippen molar-refractivity contribution in [2.24, 2.45) is 0 Å². The van der Waals surface area contributed by atoms with Crippen LogP contribution in [0.3, 0.4) is 0 Å². The normalized spacial score (nSPS) is 13.5. The second-order valence-electron chi connectivity index (χ2n) is 9.01. The first-order chi connectivity index (χ1) is 18.4. The van der Waals surface area contributed by atoms with Gasteiger partial charge in [0.25, 0.3) is 0 Å². The lowest BCUT2D eigenvalue weighted by Crippen LogP contribution is -2.48. The number of ether oxygens (including phenoxy) is 3. The lowest BCUT2D eigenvalue weighted by atomic mass is 10.2. The van der Waals surface area contributed by atoms with Gasteiger partial charge in [0.15, 0.2) is 11.5 Å². The monoisotopic (exact) mass is 517 g/mol. The van der Waals surface area contributed by atoms with Crippen LogP contribution in [0.15, 0.2) is 42.5 Å². The van der Waals surface area contributed by atoms with Crippen LogP contribution in [0.1, 0.15) is 18.3 Å². The second-order valence-corrected chi connectivity index (χ2v) is 9.01. The number of amides is 1. The lowest BCUT2D eigenvalue weighted by Gasteiger charge is -2.34. The van der Waals surface area contributed by atoms with Crippen LogP contribution in [0.2, 0.25) is 0 Å². The van der Waals surface area contributed by atoms with E-state index in [2.05, 4.69) is 20.2 Å². The Bertz CT molecular complexity index is 1410. The third-order valence-corrected chi connectivity index (χ3v) is 6.47. The summed E-state index contributed by atoms with van der Waals surface area (Å²) in [6, 6.07) is 13.3. The number of imidazole rings is 1. The van der Waals surface area contributed by atoms with Gasteiger partial charge in [0.1, 0.15) is 17.4 Å². The molecule has 0 unspecified atom stereocenters. The van der Waals surface area contributed by atoms with Gasteiger partial charge in [-0.3, -0.25) is 4.79 Å². The summed E-state index contributed by atoms with van der Waals surface area (Å²) in [5, 5.41) is 3.35. The predicted octanol–water partition coefficient (Wildman–Crippen LogP) is 3.75. The van der Waals surface area contributed by atoms with Crippen molar-refractivity contribution < 1.29 is 19.0 Å². The number of hydrogen-bond donors (Lipinski definition) is 2. The van der Waals surface area contributed by atoms with Crippen LogP contribution in [0.5, 0.6) is 23.1 Å². The number of para-hydroxylation sites is 2. The van der Waals surface area contributed by atoms with Crippen LogP contribution in [0.25, 0.3) is 11.0 Å². The average molecular weight is 518 g/mol. The maximum Gasteiger partial charge on any atom is 0.230 e. The Kier molecular flexibility index (Phi) is 7.16. The number of aryl methyl sites for hydroxylation is 1. The van der Waals surface area contributed by atoms with Crippen molar-refractivity contribution in [1.29, 1.82) is 0 Å². The van der Waals surface area contributed by atoms with E-state index in [0.717, 1.165) is 22.4 Å². The number of methoxy groups -OCH3 is 2. The summed E-state index contributed by atoms with van der Waals surface area (Å²) in [5.74, 6) is 4.14. The Morgan fingerprint density at radius 3 is 2.42 bits per heavy atom. The molecule has 5 rings (SSSR count). The minimum atomic E-state index is 0.0692. The molecule has 0 aliphatic carbocycles.